The van der Waals surface area contributed by atoms with Crippen LogP contribution in [0.25, 0.3) is 34.7 Å². The molecular formula is C6H6Fe4N12+5. The SMILES string of the molecule is N#CN=C=[N-].N#CN=C=[N-].N#CN=C=[N-].[Fe+2].[Fe+2].[Fe+2].[Fe+5].[NH2-].[NH2-].[NH2-]. The van der Waals surface area contributed by atoms with Gasteiger partial charge in [-0.2, -0.15) is 15.8 Å². The van der Waals surface area contributed by atoms with E-state index in [1.165, 1.54) is 36.6 Å². The molecule has 0 unspecified atom stereocenters. The first-order valence-corrected chi connectivity index (χ1v) is 2.68. The van der Waals surface area contributed by atoms with Gasteiger partial charge < -0.3 is 49.7 Å². The summed E-state index contributed by atoms with van der Waals surface area (Å²) in [6.45, 7) is 0. The van der Waals surface area contributed by atoms with Crippen LogP contribution >= 0.6 is 0 Å². The Bertz CT molecular complexity index is 359. The minimum atomic E-state index is 0. The Morgan fingerprint density at radius 1 is 0.545 bits per heavy atom. The fraction of sp³-hybridized carbons (Fsp3) is 0. The van der Waals surface area contributed by atoms with Crippen molar-refractivity contribution in [2.45, 2.75) is 0 Å². The molecule has 0 bridgehead atoms. The fourth-order valence-corrected chi connectivity index (χ4v) is 0.0671. The minimum Gasteiger partial charge on any atom is -0.693 e. The van der Waals surface area contributed by atoms with Crippen molar-refractivity contribution in [3.05, 3.63) is 34.7 Å². The number of nitriles is 3. The molecule has 0 aliphatic heterocycles. The second-order valence-corrected chi connectivity index (χ2v) is 0.935. The van der Waals surface area contributed by atoms with Gasteiger partial charge in [-0.1, -0.05) is 0 Å². The molecule has 0 aromatic rings. The van der Waals surface area contributed by atoms with Crippen molar-refractivity contribution < 1.29 is 68.3 Å². The number of nitrogens with zero attached hydrogens (tertiary/aromatic N) is 9. The third kappa shape index (κ3) is 275. The van der Waals surface area contributed by atoms with Gasteiger partial charge in [0.05, 0.1) is 18.6 Å². The van der Waals surface area contributed by atoms with Crippen LogP contribution in [-0.2, 0) is 68.3 Å². The van der Waals surface area contributed by atoms with Gasteiger partial charge in [0.15, 0.2) is 0 Å². The summed E-state index contributed by atoms with van der Waals surface area (Å²) in [5.41, 5.74) is 0. The van der Waals surface area contributed by atoms with E-state index < -0.39 is 0 Å². The van der Waals surface area contributed by atoms with Crippen LogP contribution in [0, 0.1) is 34.4 Å². The topological polar surface area (TPSA) is 276 Å². The Hall–Kier alpha value is -1.43. The van der Waals surface area contributed by atoms with Crippen LogP contribution in [-0.4, -0.2) is 18.0 Å². The Labute approximate surface area is 169 Å². The third-order valence-corrected chi connectivity index (χ3v) is 0.300. The molecule has 22 heavy (non-hydrogen) atoms. The molecule has 0 aliphatic rings. The zero-order valence-corrected chi connectivity index (χ0v) is 14.6. The van der Waals surface area contributed by atoms with Crippen molar-refractivity contribution in [1.82, 2.24) is 0 Å². The molecule has 1 radical (unpaired) electrons. The maximum atomic E-state index is 7.43. The molecule has 0 aliphatic carbocycles. The summed E-state index contributed by atoms with van der Waals surface area (Å²) >= 11 is 0. The molecule has 0 atom stereocenters. The summed E-state index contributed by atoms with van der Waals surface area (Å²) < 4.78 is 0. The molecule has 0 aromatic heterocycles. The maximum absolute atomic E-state index is 7.43. The van der Waals surface area contributed by atoms with E-state index in [-0.39, 0.29) is 86.7 Å². The Morgan fingerprint density at radius 3 is 0.682 bits per heavy atom. The standard InChI is InChI=1S/3C2N3.4Fe.3H2N/c3*3-1-5-2-4;;;;;;;/h;;;;;;;3*1H2/q3*-1;3*+2;+5;3*-1. The molecular weight excluding hydrogens is 464 g/mol. The van der Waals surface area contributed by atoms with Crippen molar-refractivity contribution in [3.63, 3.8) is 0 Å². The average Bonchev–Trinajstić information content (AvgIpc) is 2.23. The first-order chi connectivity index (χ1) is 7.24. The Balaban J connectivity index is -0.0000000106. The molecule has 0 heterocycles. The first kappa shape index (κ1) is 70.5. The molecule has 0 saturated heterocycles. The van der Waals surface area contributed by atoms with Crippen LogP contribution in [0.15, 0.2) is 15.0 Å². The summed E-state index contributed by atoms with van der Waals surface area (Å²) in [7, 11) is 0. The van der Waals surface area contributed by atoms with E-state index >= 15 is 0 Å². The van der Waals surface area contributed by atoms with Gasteiger partial charge in [0.2, 0.25) is 0 Å². The number of aliphatic imine (C=N–C) groups is 3. The van der Waals surface area contributed by atoms with Gasteiger partial charge in [0, 0.05) is 0 Å². The van der Waals surface area contributed by atoms with Gasteiger partial charge in [-0.25, -0.2) is 0 Å². The molecule has 0 amide bonds. The fourth-order valence-electron chi connectivity index (χ4n) is 0.0671. The van der Waals surface area contributed by atoms with Crippen LogP contribution < -0.4 is 0 Å². The summed E-state index contributed by atoms with van der Waals surface area (Å²) in [5, 5.41) is 44.6. The van der Waals surface area contributed by atoms with Gasteiger partial charge in [0.25, 0.3) is 0 Å². The summed E-state index contributed by atoms with van der Waals surface area (Å²) in [6, 6.07) is 3.84. The summed E-state index contributed by atoms with van der Waals surface area (Å²) in [6.07, 6.45) is 3.84. The maximum Gasteiger partial charge on any atom is 5.00 e. The number of rotatable bonds is 0. The molecule has 0 spiro atoms. The quantitative estimate of drug-likeness (QED) is 0.294. The van der Waals surface area contributed by atoms with Crippen LogP contribution in [0.3, 0.4) is 0 Å². The Morgan fingerprint density at radius 2 is 0.682 bits per heavy atom. The zero-order chi connectivity index (χ0) is 12.4. The predicted octanol–water partition coefficient (Wildman–Crippen LogP) is 2.77. The van der Waals surface area contributed by atoms with Gasteiger partial charge >= 0.3 is 68.3 Å². The largest absolute Gasteiger partial charge is 5.00 e. The number of hydrogen-bond acceptors (Lipinski definition) is 6. The third-order valence-electron chi connectivity index (χ3n) is 0.300. The number of hydrogen-bond donors (Lipinski definition) is 0. The molecule has 0 saturated carbocycles. The predicted molar refractivity (Wildman–Crippen MR) is 65.1 cm³/mol. The Kier molecular flexibility index (Phi) is 378. The van der Waals surface area contributed by atoms with E-state index in [0.717, 1.165) is 0 Å². The van der Waals surface area contributed by atoms with E-state index in [9.17, 15) is 0 Å². The van der Waals surface area contributed by atoms with Crippen molar-refractivity contribution in [2.75, 3.05) is 0 Å². The summed E-state index contributed by atoms with van der Waals surface area (Å²) in [5.74, 6) is 0. The molecule has 117 valence electrons. The van der Waals surface area contributed by atoms with Crippen LogP contribution in [0.2, 0.25) is 0 Å². The molecule has 0 fully saturated rings. The van der Waals surface area contributed by atoms with E-state index in [1.54, 1.807) is 0 Å². The van der Waals surface area contributed by atoms with Crippen LogP contribution in [0.1, 0.15) is 0 Å². The van der Waals surface area contributed by atoms with Crippen LogP contribution in [0.4, 0.5) is 0 Å². The second-order valence-electron chi connectivity index (χ2n) is 0.935. The van der Waals surface area contributed by atoms with E-state index in [2.05, 4.69) is 15.0 Å². The summed E-state index contributed by atoms with van der Waals surface area (Å²) in [4.78, 5) is 7.75. The van der Waals surface area contributed by atoms with Crippen molar-refractivity contribution in [1.29, 1.82) is 15.8 Å². The molecule has 12 nitrogen and oxygen atoms in total. The molecule has 16 heteroatoms. The average molecular weight is 470 g/mol. The molecule has 0 rings (SSSR count). The van der Waals surface area contributed by atoms with Crippen molar-refractivity contribution in [3.8, 4) is 18.6 Å². The van der Waals surface area contributed by atoms with Crippen molar-refractivity contribution in [2.24, 2.45) is 15.0 Å². The smallest absolute Gasteiger partial charge is 0.693 e. The molecule has 6 N–H and O–H groups in total. The van der Waals surface area contributed by atoms with Gasteiger partial charge in [0.1, 0.15) is 0 Å². The van der Waals surface area contributed by atoms with Gasteiger partial charge in [-0.05, 0) is 0 Å². The molecule has 0 aromatic carbocycles. The monoisotopic (exact) mass is 470 g/mol. The van der Waals surface area contributed by atoms with Gasteiger partial charge in [-0.15, -0.1) is 18.0 Å². The minimum absolute atomic E-state index is 0. The second kappa shape index (κ2) is 118. The van der Waals surface area contributed by atoms with E-state index in [4.69, 9.17) is 32.0 Å². The van der Waals surface area contributed by atoms with E-state index in [0.29, 0.717) is 0 Å². The van der Waals surface area contributed by atoms with Crippen molar-refractivity contribution >= 4 is 18.0 Å². The zero-order valence-electron chi connectivity index (χ0n) is 10.2. The van der Waals surface area contributed by atoms with Crippen LogP contribution in [0.5, 0.6) is 0 Å². The first-order valence-electron chi connectivity index (χ1n) is 2.68. The normalized spacial score (nSPS) is 2.59. The van der Waals surface area contributed by atoms with E-state index in [1.807, 2.05) is 0 Å². The van der Waals surface area contributed by atoms with Gasteiger partial charge in [-0.3, -0.25) is 0 Å². The number of nitrogens with two attached hydrogens (primary N) is 3.